The molecule has 0 saturated heterocycles. The van der Waals surface area contributed by atoms with Crippen LogP contribution in [0.2, 0.25) is 14.4 Å². The van der Waals surface area contributed by atoms with Gasteiger partial charge in [-0.2, -0.15) is 0 Å². The van der Waals surface area contributed by atoms with Crippen molar-refractivity contribution in [3.05, 3.63) is 19.3 Å². The summed E-state index contributed by atoms with van der Waals surface area (Å²) in [6, 6.07) is 0. The number of ether oxygens (including phenoxy) is 1. The van der Waals surface area contributed by atoms with Crippen LogP contribution in [0.15, 0.2) is 0 Å². The van der Waals surface area contributed by atoms with E-state index < -0.39 is 5.97 Å². The van der Waals surface area contributed by atoms with Gasteiger partial charge in [-0.3, -0.25) is 0 Å². The highest BCUT2D eigenvalue weighted by atomic mass is 35.5. The molecule has 1 aromatic heterocycles. The van der Waals surface area contributed by atoms with Crippen LogP contribution >= 0.6 is 46.1 Å². The normalized spacial score (nSPS) is 10.2. The Bertz CT molecular complexity index is 335. The van der Waals surface area contributed by atoms with E-state index in [1.54, 1.807) is 6.92 Å². The van der Waals surface area contributed by atoms with Crippen molar-refractivity contribution in [2.24, 2.45) is 0 Å². The lowest BCUT2D eigenvalue weighted by Gasteiger charge is -1.97. The molecule has 0 N–H and O–H groups in total. The number of rotatable bonds is 2. The zero-order valence-corrected chi connectivity index (χ0v) is 9.65. The maximum Gasteiger partial charge on any atom is 0.349 e. The first-order chi connectivity index (χ1) is 6.07. The van der Waals surface area contributed by atoms with Crippen molar-refractivity contribution in [3.63, 3.8) is 0 Å². The Morgan fingerprint density at radius 3 is 2.38 bits per heavy atom. The molecule has 0 aliphatic carbocycles. The first-order valence-corrected chi connectivity index (χ1v) is 5.33. The lowest BCUT2D eigenvalue weighted by molar-refractivity contribution is 0.0532. The fourth-order valence-electron chi connectivity index (χ4n) is 0.693. The van der Waals surface area contributed by atoms with Crippen LogP contribution in [-0.4, -0.2) is 12.6 Å². The number of carbonyl (C=O) groups excluding carboxylic acids is 1. The smallest absolute Gasteiger partial charge is 0.349 e. The third-order valence-corrected chi connectivity index (χ3v) is 3.77. The van der Waals surface area contributed by atoms with Gasteiger partial charge in [0.05, 0.1) is 16.7 Å². The van der Waals surface area contributed by atoms with Crippen LogP contribution in [0.4, 0.5) is 0 Å². The van der Waals surface area contributed by atoms with Gasteiger partial charge in [-0.25, -0.2) is 4.79 Å². The first kappa shape index (κ1) is 11.1. The maximum atomic E-state index is 11.2. The zero-order valence-electron chi connectivity index (χ0n) is 6.57. The Labute approximate surface area is 94.4 Å². The van der Waals surface area contributed by atoms with Crippen molar-refractivity contribution in [2.45, 2.75) is 6.92 Å². The summed E-state index contributed by atoms with van der Waals surface area (Å²) >= 11 is 18.1. The lowest BCUT2D eigenvalue weighted by atomic mass is 10.5. The van der Waals surface area contributed by atoms with Gasteiger partial charge in [0.1, 0.15) is 9.21 Å². The molecule has 0 unspecified atom stereocenters. The molecule has 1 heterocycles. The Hall–Kier alpha value is 0.0400. The minimum Gasteiger partial charge on any atom is -0.462 e. The van der Waals surface area contributed by atoms with Crippen LogP contribution < -0.4 is 0 Å². The van der Waals surface area contributed by atoms with E-state index in [0.29, 0.717) is 10.9 Å². The predicted octanol–water partition coefficient (Wildman–Crippen LogP) is 3.89. The van der Waals surface area contributed by atoms with Crippen molar-refractivity contribution in [2.75, 3.05) is 6.61 Å². The topological polar surface area (TPSA) is 26.3 Å². The minimum absolute atomic E-state index is 0.162. The molecule has 2 nitrogen and oxygen atoms in total. The van der Waals surface area contributed by atoms with E-state index in [0.717, 1.165) is 11.3 Å². The molecular formula is C7H5Cl3O2S. The molecule has 0 bridgehead atoms. The SMILES string of the molecule is CCOC(=O)c1sc(Cl)c(Cl)c1Cl. The van der Waals surface area contributed by atoms with Crippen molar-refractivity contribution in [3.8, 4) is 0 Å². The van der Waals surface area contributed by atoms with Crippen LogP contribution in [-0.2, 0) is 4.74 Å². The Morgan fingerprint density at radius 2 is 2.00 bits per heavy atom. The van der Waals surface area contributed by atoms with Gasteiger partial charge in [0.2, 0.25) is 0 Å². The molecule has 0 radical (unpaired) electrons. The van der Waals surface area contributed by atoms with E-state index in [-0.39, 0.29) is 14.9 Å². The van der Waals surface area contributed by atoms with Crippen LogP contribution in [0.3, 0.4) is 0 Å². The average Bonchev–Trinajstić information content (AvgIpc) is 2.33. The second-order valence-electron chi connectivity index (χ2n) is 2.05. The van der Waals surface area contributed by atoms with Crippen LogP contribution in [0.25, 0.3) is 0 Å². The summed E-state index contributed by atoms with van der Waals surface area (Å²) in [6.07, 6.45) is 0. The van der Waals surface area contributed by atoms with Gasteiger partial charge < -0.3 is 4.74 Å². The molecule has 13 heavy (non-hydrogen) atoms. The third-order valence-electron chi connectivity index (χ3n) is 1.22. The lowest BCUT2D eigenvalue weighted by Crippen LogP contribution is -2.02. The van der Waals surface area contributed by atoms with Crippen LogP contribution in [0.1, 0.15) is 16.6 Å². The average molecular weight is 260 g/mol. The highest BCUT2D eigenvalue weighted by Gasteiger charge is 2.20. The summed E-state index contributed by atoms with van der Waals surface area (Å²) in [4.78, 5) is 11.5. The Morgan fingerprint density at radius 1 is 1.38 bits per heavy atom. The highest BCUT2D eigenvalue weighted by Crippen LogP contribution is 2.40. The molecule has 0 spiro atoms. The summed E-state index contributed by atoms with van der Waals surface area (Å²) in [5.41, 5.74) is 0. The number of hydrogen-bond donors (Lipinski definition) is 0. The number of thiophene rings is 1. The molecule has 0 aliphatic heterocycles. The molecule has 0 amide bonds. The van der Waals surface area contributed by atoms with E-state index >= 15 is 0 Å². The van der Waals surface area contributed by atoms with E-state index in [1.165, 1.54) is 0 Å². The van der Waals surface area contributed by atoms with E-state index in [4.69, 9.17) is 39.5 Å². The molecule has 0 fully saturated rings. The molecule has 6 heteroatoms. The van der Waals surface area contributed by atoms with Gasteiger partial charge in [0.15, 0.2) is 0 Å². The minimum atomic E-state index is -0.494. The monoisotopic (exact) mass is 258 g/mol. The van der Waals surface area contributed by atoms with Gasteiger partial charge in [-0.1, -0.05) is 34.8 Å². The Balaban J connectivity index is 3.01. The number of esters is 1. The van der Waals surface area contributed by atoms with Gasteiger partial charge >= 0.3 is 5.97 Å². The summed E-state index contributed by atoms with van der Waals surface area (Å²) in [6.45, 7) is 2.00. The number of carbonyl (C=O) groups is 1. The van der Waals surface area contributed by atoms with Gasteiger partial charge in [-0.15, -0.1) is 11.3 Å². The summed E-state index contributed by atoms with van der Waals surface area (Å²) in [5.74, 6) is -0.494. The molecule has 0 atom stereocenters. The van der Waals surface area contributed by atoms with Crippen LogP contribution in [0.5, 0.6) is 0 Å². The fourth-order valence-corrected chi connectivity index (χ4v) is 2.38. The Kier molecular flexibility index (Phi) is 3.86. The molecule has 72 valence electrons. The molecule has 0 aromatic carbocycles. The van der Waals surface area contributed by atoms with E-state index in [9.17, 15) is 4.79 Å². The van der Waals surface area contributed by atoms with Crippen molar-refractivity contribution >= 4 is 52.1 Å². The standard InChI is InChI=1S/C7H5Cl3O2S/c1-2-12-7(11)5-3(8)4(9)6(10)13-5/h2H2,1H3. The van der Waals surface area contributed by atoms with Gasteiger partial charge in [0.25, 0.3) is 0 Å². The molecule has 0 saturated carbocycles. The summed E-state index contributed by atoms with van der Waals surface area (Å²) < 4.78 is 5.05. The molecule has 1 aromatic rings. The first-order valence-electron chi connectivity index (χ1n) is 3.38. The van der Waals surface area contributed by atoms with Crippen molar-refractivity contribution in [1.82, 2.24) is 0 Å². The van der Waals surface area contributed by atoms with E-state index in [1.807, 2.05) is 0 Å². The van der Waals surface area contributed by atoms with Crippen molar-refractivity contribution < 1.29 is 9.53 Å². The quantitative estimate of drug-likeness (QED) is 0.753. The maximum absolute atomic E-state index is 11.2. The largest absolute Gasteiger partial charge is 0.462 e. The summed E-state index contributed by atoms with van der Waals surface area (Å²) in [7, 11) is 0. The third kappa shape index (κ3) is 2.29. The zero-order chi connectivity index (χ0) is 10.0. The molecule has 1 rings (SSSR count). The molecule has 0 aliphatic rings. The second kappa shape index (κ2) is 4.51. The van der Waals surface area contributed by atoms with Crippen molar-refractivity contribution in [1.29, 1.82) is 0 Å². The summed E-state index contributed by atoms with van der Waals surface area (Å²) in [5, 5.41) is 0.367. The highest BCUT2D eigenvalue weighted by molar-refractivity contribution is 7.19. The second-order valence-corrected chi connectivity index (χ2v) is 4.43. The van der Waals surface area contributed by atoms with Gasteiger partial charge in [-0.05, 0) is 6.92 Å². The molecular weight excluding hydrogens is 255 g/mol. The number of halogens is 3. The fraction of sp³-hybridized carbons (Fsp3) is 0.286. The van der Waals surface area contributed by atoms with Gasteiger partial charge in [0, 0.05) is 0 Å². The number of hydrogen-bond acceptors (Lipinski definition) is 3. The predicted molar refractivity (Wildman–Crippen MR) is 55.3 cm³/mol. The van der Waals surface area contributed by atoms with Crippen LogP contribution in [0, 0.1) is 0 Å². The van der Waals surface area contributed by atoms with E-state index in [2.05, 4.69) is 0 Å².